The summed E-state index contributed by atoms with van der Waals surface area (Å²) in [6.45, 7) is 5.75. The molecule has 33 heavy (non-hydrogen) atoms. The zero-order valence-electron chi connectivity index (χ0n) is 18.7. The minimum atomic E-state index is -4.55. The standard InChI is InChI=1S/C25H25F5N2O/c1-22(2)9-13-7-17-20(21(32-31-17)14-10-24(26,27)11-14)23(3,19(13)18(33)12-22)15-5-4-6-16(8-15)25(28,29)30/h4-6,8,14H,7,9-12H2,1-3H3,(H,31,32)/t23-/m1/s1. The van der Waals surface area contributed by atoms with E-state index in [4.69, 9.17) is 0 Å². The lowest BCUT2D eigenvalue weighted by molar-refractivity contribution is -0.137. The highest BCUT2D eigenvalue weighted by atomic mass is 19.4. The minimum Gasteiger partial charge on any atom is -0.294 e. The molecule has 1 fully saturated rings. The molecule has 1 aromatic carbocycles. The van der Waals surface area contributed by atoms with Gasteiger partial charge in [0.25, 0.3) is 0 Å². The van der Waals surface area contributed by atoms with Crippen LogP contribution in [0.15, 0.2) is 35.4 Å². The predicted molar refractivity (Wildman–Crippen MR) is 112 cm³/mol. The van der Waals surface area contributed by atoms with E-state index in [9.17, 15) is 26.7 Å². The maximum atomic E-state index is 13.7. The van der Waals surface area contributed by atoms with Crippen molar-refractivity contribution in [3.05, 3.63) is 63.5 Å². The van der Waals surface area contributed by atoms with Crippen molar-refractivity contribution in [2.75, 3.05) is 0 Å². The van der Waals surface area contributed by atoms with Crippen molar-refractivity contribution in [1.29, 1.82) is 0 Å². The van der Waals surface area contributed by atoms with E-state index in [-0.39, 0.29) is 30.5 Å². The van der Waals surface area contributed by atoms with Gasteiger partial charge in [-0.25, -0.2) is 8.78 Å². The van der Waals surface area contributed by atoms with E-state index in [0.717, 1.165) is 17.7 Å². The Bertz CT molecular complexity index is 1180. The molecule has 0 saturated heterocycles. The summed E-state index contributed by atoms with van der Waals surface area (Å²) in [5.41, 5.74) is 1.18. The molecule has 0 bridgehead atoms. The van der Waals surface area contributed by atoms with Crippen LogP contribution in [0.3, 0.4) is 0 Å². The second-order valence-electron chi connectivity index (χ2n) is 10.7. The fourth-order valence-electron chi connectivity index (χ4n) is 6.10. The Balaban J connectivity index is 1.74. The molecule has 3 aliphatic rings. The summed E-state index contributed by atoms with van der Waals surface area (Å²) < 4.78 is 68.2. The van der Waals surface area contributed by atoms with Gasteiger partial charge in [-0.05, 0) is 30.4 Å². The van der Waals surface area contributed by atoms with E-state index in [1.165, 1.54) is 6.07 Å². The largest absolute Gasteiger partial charge is 0.416 e. The number of carbonyl (C=O) groups is 1. The molecule has 1 atom stereocenters. The number of halogens is 5. The zero-order valence-corrected chi connectivity index (χ0v) is 18.7. The number of nitrogens with zero attached hydrogens (tertiary/aromatic N) is 1. The maximum absolute atomic E-state index is 13.7. The molecule has 8 heteroatoms. The van der Waals surface area contributed by atoms with Crippen LogP contribution in [0.25, 0.3) is 0 Å². The normalized spacial score (nSPS) is 26.6. The highest BCUT2D eigenvalue weighted by Crippen LogP contribution is 2.57. The van der Waals surface area contributed by atoms with Gasteiger partial charge in [-0.3, -0.25) is 9.89 Å². The SMILES string of the molecule is CC1(C)CC(=O)C2=C(Cc3[nH]nc(C4CC(F)(F)C4)c3[C@]2(C)c2cccc(C(F)(F)F)c2)C1. The van der Waals surface area contributed by atoms with Gasteiger partial charge in [0.2, 0.25) is 5.92 Å². The molecule has 0 unspecified atom stereocenters. The molecule has 176 valence electrons. The Morgan fingerprint density at radius 2 is 1.79 bits per heavy atom. The van der Waals surface area contributed by atoms with Gasteiger partial charge in [0.05, 0.1) is 11.3 Å². The Kier molecular flexibility index (Phi) is 4.57. The lowest BCUT2D eigenvalue weighted by Crippen LogP contribution is -2.42. The van der Waals surface area contributed by atoms with Crippen LogP contribution >= 0.6 is 0 Å². The van der Waals surface area contributed by atoms with Gasteiger partial charge < -0.3 is 0 Å². The molecule has 1 saturated carbocycles. The van der Waals surface area contributed by atoms with Crippen molar-refractivity contribution < 1.29 is 26.7 Å². The number of hydrogen-bond donors (Lipinski definition) is 1. The number of aromatic nitrogens is 2. The second-order valence-corrected chi connectivity index (χ2v) is 10.7. The van der Waals surface area contributed by atoms with Gasteiger partial charge in [0.1, 0.15) is 0 Å². The van der Waals surface area contributed by atoms with Crippen LogP contribution in [0.5, 0.6) is 0 Å². The number of H-pyrrole nitrogens is 1. The van der Waals surface area contributed by atoms with Crippen LogP contribution in [-0.2, 0) is 22.8 Å². The fraction of sp³-hybridized carbons (Fsp3) is 0.520. The first-order valence-electron chi connectivity index (χ1n) is 11.1. The first-order chi connectivity index (χ1) is 15.2. The number of aromatic amines is 1. The van der Waals surface area contributed by atoms with Crippen LogP contribution in [0.4, 0.5) is 22.0 Å². The van der Waals surface area contributed by atoms with Crippen LogP contribution in [0.1, 0.15) is 80.5 Å². The van der Waals surface area contributed by atoms with Crippen molar-refractivity contribution in [2.45, 2.75) is 76.3 Å². The van der Waals surface area contributed by atoms with Crippen LogP contribution in [0, 0.1) is 5.41 Å². The number of benzene rings is 1. The summed E-state index contributed by atoms with van der Waals surface area (Å²) in [4.78, 5) is 13.5. The van der Waals surface area contributed by atoms with E-state index in [1.807, 2.05) is 13.8 Å². The van der Waals surface area contributed by atoms with Gasteiger partial charge in [-0.1, -0.05) is 37.6 Å². The van der Waals surface area contributed by atoms with Gasteiger partial charge >= 0.3 is 6.18 Å². The predicted octanol–water partition coefficient (Wildman–Crippen LogP) is 6.49. The number of nitrogens with one attached hydrogen (secondary N) is 1. The van der Waals surface area contributed by atoms with E-state index >= 15 is 0 Å². The average Bonchev–Trinajstić information content (AvgIpc) is 3.08. The molecular formula is C25H25F5N2O. The first kappa shape index (κ1) is 22.3. The van der Waals surface area contributed by atoms with Crippen molar-refractivity contribution in [2.24, 2.45) is 5.41 Å². The highest BCUT2D eigenvalue weighted by Gasteiger charge is 2.53. The van der Waals surface area contributed by atoms with Crippen molar-refractivity contribution in [3.8, 4) is 0 Å². The van der Waals surface area contributed by atoms with Gasteiger partial charge in [0, 0.05) is 53.8 Å². The third-order valence-electron chi connectivity index (χ3n) is 7.47. The lowest BCUT2D eigenvalue weighted by atomic mass is 9.57. The Labute approximate surface area is 188 Å². The molecule has 2 aromatic rings. The third-order valence-corrected chi connectivity index (χ3v) is 7.47. The van der Waals surface area contributed by atoms with Gasteiger partial charge in [0.15, 0.2) is 5.78 Å². The number of ketones is 1. The molecule has 0 aliphatic heterocycles. The van der Waals surface area contributed by atoms with Gasteiger partial charge in [-0.2, -0.15) is 18.3 Å². The number of rotatable bonds is 2. The summed E-state index contributed by atoms with van der Waals surface area (Å²) in [6, 6.07) is 5.01. The molecule has 1 heterocycles. The molecule has 0 spiro atoms. The quantitative estimate of drug-likeness (QED) is 0.517. The number of carbonyl (C=O) groups excluding carboxylic acids is 1. The smallest absolute Gasteiger partial charge is 0.294 e. The van der Waals surface area contributed by atoms with Crippen molar-refractivity contribution in [3.63, 3.8) is 0 Å². The topological polar surface area (TPSA) is 45.8 Å². The van der Waals surface area contributed by atoms with Crippen molar-refractivity contribution >= 4 is 5.78 Å². The molecule has 3 nitrogen and oxygen atoms in total. The lowest BCUT2D eigenvalue weighted by Gasteiger charge is -2.45. The summed E-state index contributed by atoms with van der Waals surface area (Å²) in [5.74, 6) is -3.37. The summed E-state index contributed by atoms with van der Waals surface area (Å²) >= 11 is 0. The number of alkyl halides is 5. The summed E-state index contributed by atoms with van der Waals surface area (Å²) in [6.07, 6.45) is -3.91. The molecule has 1 N–H and O–H groups in total. The number of Topliss-reactive ketones (excluding diaryl/α,β-unsaturated/α-hetero) is 1. The number of fused-ring (bicyclic) bond motifs is 1. The molecule has 5 rings (SSSR count). The van der Waals surface area contributed by atoms with Gasteiger partial charge in [-0.15, -0.1) is 0 Å². The maximum Gasteiger partial charge on any atom is 0.416 e. The zero-order chi connectivity index (χ0) is 24.0. The monoisotopic (exact) mass is 464 g/mol. The summed E-state index contributed by atoms with van der Waals surface area (Å²) in [7, 11) is 0. The molecule has 1 aromatic heterocycles. The summed E-state index contributed by atoms with van der Waals surface area (Å²) in [5, 5.41) is 7.36. The highest BCUT2D eigenvalue weighted by molar-refractivity contribution is 6.01. The third kappa shape index (κ3) is 3.44. The second kappa shape index (κ2) is 6.76. The molecule has 0 radical (unpaired) electrons. The number of allylic oxidation sites excluding steroid dienone is 2. The number of hydrogen-bond acceptors (Lipinski definition) is 2. The van der Waals surface area contributed by atoms with E-state index in [1.54, 1.807) is 13.0 Å². The van der Waals surface area contributed by atoms with E-state index in [0.29, 0.717) is 40.9 Å². The first-order valence-corrected chi connectivity index (χ1v) is 11.1. The van der Waals surface area contributed by atoms with Crippen LogP contribution in [0.2, 0.25) is 0 Å². The average molecular weight is 464 g/mol. The Morgan fingerprint density at radius 3 is 2.42 bits per heavy atom. The Hall–Kier alpha value is -2.51. The van der Waals surface area contributed by atoms with E-state index in [2.05, 4.69) is 10.2 Å². The molecule has 3 aliphatic carbocycles. The fourth-order valence-corrected chi connectivity index (χ4v) is 6.10. The minimum absolute atomic E-state index is 0.0992. The van der Waals surface area contributed by atoms with Crippen molar-refractivity contribution in [1.82, 2.24) is 10.2 Å². The van der Waals surface area contributed by atoms with Crippen LogP contribution in [-0.4, -0.2) is 21.9 Å². The Morgan fingerprint density at radius 1 is 1.09 bits per heavy atom. The van der Waals surface area contributed by atoms with Crippen LogP contribution < -0.4 is 0 Å². The molecule has 0 amide bonds. The van der Waals surface area contributed by atoms with E-state index < -0.39 is 29.0 Å². The molecular weight excluding hydrogens is 439 g/mol.